The summed E-state index contributed by atoms with van der Waals surface area (Å²) in [6.07, 6.45) is 0.816. The van der Waals surface area contributed by atoms with Crippen molar-refractivity contribution in [3.05, 3.63) is 57.4 Å². The number of imidazole rings is 1. The molecule has 1 aromatic heterocycles. The zero-order valence-electron chi connectivity index (χ0n) is 18.5. The monoisotopic (exact) mass is 409 g/mol. The first kappa shape index (κ1) is 20.8. The van der Waals surface area contributed by atoms with E-state index in [-0.39, 0.29) is 5.82 Å². The molecule has 3 aromatic rings. The van der Waals surface area contributed by atoms with E-state index in [2.05, 4.69) is 34.7 Å². The molecule has 1 fully saturated rings. The fraction of sp³-hybridized carbons (Fsp3) is 0.458. The number of nitrogens with two attached hydrogens (primary N) is 1. The molecule has 30 heavy (non-hydrogen) atoms. The molecule has 0 radical (unpaired) electrons. The number of aromatic nitrogens is 2. The van der Waals surface area contributed by atoms with Gasteiger partial charge in [-0.2, -0.15) is 0 Å². The second kappa shape index (κ2) is 8.36. The Morgan fingerprint density at radius 1 is 1.03 bits per heavy atom. The van der Waals surface area contributed by atoms with Crippen LogP contribution in [0.2, 0.25) is 0 Å². The largest absolute Gasteiger partial charge is 0.340 e. The van der Waals surface area contributed by atoms with Gasteiger partial charge in [0.15, 0.2) is 0 Å². The molecule has 1 aliphatic rings. The molecule has 0 bridgehead atoms. The summed E-state index contributed by atoms with van der Waals surface area (Å²) < 4.78 is 16.5. The van der Waals surface area contributed by atoms with Crippen LogP contribution in [0.1, 0.15) is 33.4 Å². The number of aryl methyl sites for hydroxylation is 3. The predicted molar refractivity (Wildman–Crippen MR) is 122 cm³/mol. The van der Waals surface area contributed by atoms with Crippen molar-refractivity contribution in [1.29, 1.82) is 0 Å². The Kier molecular flexibility index (Phi) is 5.80. The highest BCUT2D eigenvalue weighted by Crippen LogP contribution is 2.31. The van der Waals surface area contributed by atoms with Gasteiger partial charge in [0.05, 0.1) is 17.6 Å². The first-order valence-corrected chi connectivity index (χ1v) is 10.8. The molecule has 0 saturated carbocycles. The average molecular weight is 410 g/mol. The zero-order chi connectivity index (χ0) is 21.4. The first-order valence-electron chi connectivity index (χ1n) is 10.8. The van der Waals surface area contributed by atoms with Crippen molar-refractivity contribution in [3.8, 4) is 0 Å². The third kappa shape index (κ3) is 3.70. The topological polar surface area (TPSA) is 59.1 Å². The quantitative estimate of drug-likeness (QED) is 0.678. The van der Waals surface area contributed by atoms with Crippen LogP contribution < -0.4 is 16.0 Å². The van der Waals surface area contributed by atoms with Crippen molar-refractivity contribution in [3.63, 3.8) is 0 Å². The van der Waals surface area contributed by atoms with E-state index in [4.69, 9.17) is 10.7 Å². The van der Waals surface area contributed by atoms with Gasteiger partial charge in [-0.15, -0.1) is 0 Å². The van der Waals surface area contributed by atoms with Gasteiger partial charge in [-0.3, -0.25) is 0 Å². The summed E-state index contributed by atoms with van der Waals surface area (Å²) in [7, 11) is 0. The highest BCUT2D eigenvalue weighted by Gasteiger charge is 2.22. The number of anilines is 1. The Labute approximate surface area is 178 Å². The lowest BCUT2D eigenvalue weighted by molar-refractivity contribution is 0.571. The molecular formula is C24H32FN5. The maximum Gasteiger partial charge on any atom is 0.206 e. The van der Waals surface area contributed by atoms with Gasteiger partial charge in [0.25, 0.3) is 0 Å². The van der Waals surface area contributed by atoms with E-state index in [9.17, 15) is 4.39 Å². The van der Waals surface area contributed by atoms with Crippen LogP contribution in [0.15, 0.2) is 18.2 Å². The summed E-state index contributed by atoms with van der Waals surface area (Å²) in [5.74, 6) is 0.877. The van der Waals surface area contributed by atoms with Gasteiger partial charge in [0.2, 0.25) is 5.95 Å². The molecule has 0 amide bonds. The Balaban J connectivity index is 1.91. The lowest BCUT2D eigenvalue weighted by atomic mass is 9.99. The van der Waals surface area contributed by atoms with Gasteiger partial charge in [-0.05, 0) is 80.1 Å². The van der Waals surface area contributed by atoms with Crippen molar-refractivity contribution < 1.29 is 4.39 Å². The standard InChI is InChI=1S/C24H32FN5/c1-15-13-21-23(20(5-6-26)18(15)4)28-24(29-9-7-27-8-10-29)30(21)14-19-11-16(2)22(25)17(3)12-19/h11-13,27H,5-10,14,26H2,1-4H3. The summed E-state index contributed by atoms with van der Waals surface area (Å²) in [6, 6.07) is 6.15. The summed E-state index contributed by atoms with van der Waals surface area (Å²) in [5, 5.41) is 3.42. The van der Waals surface area contributed by atoms with E-state index in [0.29, 0.717) is 24.2 Å². The van der Waals surface area contributed by atoms with E-state index >= 15 is 0 Å². The van der Waals surface area contributed by atoms with Gasteiger partial charge in [-0.25, -0.2) is 9.37 Å². The molecule has 160 valence electrons. The molecule has 1 saturated heterocycles. The van der Waals surface area contributed by atoms with Crippen molar-refractivity contribution in [2.45, 2.75) is 40.7 Å². The van der Waals surface area contributed by atoms with Crippen LogP contribution in [-0.4, -0.2) is 42.3 Å². The van der Waals surface area contributed by atoms with Gasteiger partial charge >= 0.3 is 0 Å². The molecular weight excluding hydrogens is 377 g/mol. The van der Waals surface area contributed by atoms with E-state index in [1.54, 1.807) is 0 Å². The highest BCUT2D eigenvalue weighted by atomic mass is 19.1. The maximum atomic E-state index is 14.2. The minimum Gasteiger partial charge on any atom is -0.340 e. The number of fused-ring (bicyclic) bond motifs is 1. The SMILES string of the molecule is Cc1cc2c(nc(N3CCNCC3)n2Cc2cc(C)c(F)c(C)c2)c(CCN)c1C. The van der Waals surface area contributed by atoms with Crippen molar-refractivity contribution >= 4 is 17.0 Å². The van der Waals surface area contributed by atoms with Gasteiger partial charge in [0, 0.05) is 26.2 Å². The lowest BCUT2D eigenvalue weighted by Gasteiger charge is -2.29. The summed E-state index contributed by atoms with van der Waals surface area (Å²) in [4.78, 5) is 7.50. The smallest absolute Gasteiger partial charge is 0.206 e. The van der Waals surface area contributed by atoms with Crippen molar-refractivity contribution in [1.82, 2.24) is 14.9 Å². The van der Waals surface area contributed by atoms with Crippen LogP contribution in [-0.2, 0) is 13.0 Å². The maximum absolute atomic E-state index is 14.2. The Morgan fingerprint density at radius 2 is 1.70 bits per heavy atom. The fourth-order valence-electron chi connectivity index (χ4n) is 4.57. The Hall–Kier alpha value is -2.44. The van der Waals surface area contributed by atoms with E-state index in [1.807, 2.05) is 26.0 Å². The number of nitrogens with one attached hydrogen (secondary N) is 1. The second-order valence-corrected chi connectivity index (χ2v) is 8.48. The van der Waals surface area contributed by atoms with E-state index in [1.165, 1.54) is 16.7 Å². The van der Waals surface area contributed by atoms with Gasteiger partial charge in [-0.1, -0.05) is 12.1 Å². The van der Waals surface area contributed by atoms with Crippen molar-refractivity contribution in [2.24, 2.45) is 5.73 Å². The molecule has 2 heterocycles. The average Bonchev–Trinajstić information content (AvgIpc) is 3.08. The van der Waals surface area contributed by atoms with Gasteiger partial charge < -0.3 is 20.5 Å². The number of benzene rings is 2. The minimum absolute atomic E-state index is 0.117. The van der Waals surface area contributed by atoms with Gasteiger partial charge in [0.1, 0.15) is 5.82 Å². The number of nitrogens with zero attached hydrogens (tertiary/aromatic N) is 3. The molecule has 1 aliphatic heterocycles. The molecule has 5 nitrogen and oxygen atoms in total. The third-order valence-electron chi connectivity index (χ3n) is 6.30. The lowest BCUT2D eigenvalue weighted by Crippen LogP contribution is -2.44. The normalized spacial score (nSPS) is 14.7. The van der Waals surface area contributed by atoms with Crippen LogP contribution in [0.25, 0.3) is 11.0 Å². The molecule has 0 spiro atoms. The number of piperazine rings is 1. The molecule has 3 N–H and O–H groups in total. The number of halogens is 1. The molecule has 0 aliphatic carbocycles. The van der Waals surface area contributed by atoms with E-state index in [0.717, 1.165) is 55.1 Å². The van der Waals surface area contributed by atoms with Crippen LogP contribution in [0.4, 0.5) is 10.3 Å². The number of hydrogen-bond acceptors (Lipinski definition) is 4. The molecule has 4 rings (SSSR count). The second-order valence-electron chi connectivity index (χ2n) is 8.48. The predicted octanol–water partition coefficient (Wildman–Crippen LogP) is 3.37. The summed E-state index contributed by atoms with van der Waals surface area (Å²) >= 11 is 0. The molecule has 6 heteroatoms. The third-order valence-corrected chi connectivity index (χ3v) is 6.30. The van der Waals surface area contributed by atoms with Crippen LogP contribution in [0, 0.1) is 33.5 Å². The zero-order valence-corrected chi connectivity index (χ0v) is 18.5. The summed E-state index contributed by atoms with van der Waals surface area (Å²) in [5.41, 5.74) is 14.4. The highest BCUT2D eigenvalue weighted by molar-refractivity contribution is 5.85. The van der Waals surface area contributed by atoms with Crippen LogP contribution in [0.5, 0.6) is 0 Å². The Morgan fingerprint density at radius 3 is 2.33 bits per heavy atom. The number of hydrogen-bond donors (Lipinski definition) is 2. The minimum atomic E-state index is -0.117. The van der Waals surface area contributed by atoms with Crippen LogP contribution >= 0.6 is 0 Å². The molecule has 0 unspecified atom stereocenters. The van der Waals surface area contributed by atoms with Crippen LogP contribution in [0.3, 0.4) is 0 Å². The fourth-order valence-corrected chi connectivity index (χ4v) is 4.57. The number of rotatable bonds is 5. The van der Waals surface area contributed by atoms with E-state index < -0.39 is 0 Å². The molecule has 2 aromatic carbocycles. The summed E-state index contributed by atoms with van der Waals surface area (Å²) in [6.45, 7) is 13.0. The Bertz CT molecular complexity index is 1060. The van der Waals surface area contributed by atoms with Crippen molar-refractivity contribution in [2.75, 3.05) is 37.6 Å². The molecule has 0 atom stereocenters. The first-order chi connectivity index (χ1) is 14.4.